The molecule has 1 aliphatic rings. The van der Waals surface area contributed by atoms with E-state index < -0.39 is 0 Å². The van der Waals surface area contributed by atoms with Crippen molar-refractivity contribution in [2.45, 2.75) is 19.3 Å². The largest absolute Gasteiger partial charge is 0.497 e. The normalized spacial score (nSPS) is 14.4. The van der Waals surface area contributed by atoms with Crippen LogP contribution >= 0.6 is 0 Å². The van der Waals surface area contributed by atoms with Crippen molar-refractivity contribution in [3.8, 4) is 5.75 Å². The van der Waals surface area contributed by atoms with E-state index in [0.717, 1.165) is 35.8 Å². The van der Waals surface area contributed by atoms with Gasteiger partial charge >= 0.3 is 5.97 Å². The molecule has 0 radical (unpaired) electrons. The van der Waals surface area contributed by atoms with Crippen LogP contribution in [0.1, 0.15) is 29.6 Å². The molecule has 1 saturated carbocycles. The minimum absolute atomic E-state index is 0.00290. The summed E-state index contributed by atoms with van der Waals surface area (Å²) >= 11 is 0. The molecule has 1 aliphatic carbocycles. The molecule has 0 unspecified atom stereocenters. The molecule has 0 spiro atoms. The van der Waals surface area contributed by atoms with Gasteiger partial charge in [-0.25, -0.2) is 0 Å². The second-order valence-corrected chi connectivity index (χ2v) is 5.59. The second-order valence-electron chi connectivity index (χ2n) is 5.59. The van der Waals surface area contributed by atoms with Crippen LogP contribution in [0, 0.1) is 5.92 Å². The third kappa shape index (κ3) is 2.96. The van der Waals surface area contributed by atoms with E-state index in [2.05, 4.69) is 0 Å². The number of carbonyl (C=O) groups excluding carboxylic acids is 2. The highest BCUT2D eigenvalue weighted by molar-refractivity contribution is 6.01. The van der Waals surface area contributed by atoms with Crippen LogP contribution in [0.15, 0.2) is 36.4 Å². The molecule has 114 valence electrons. The lowest BCUT2D eigenvalue weighted by Crippen LogP contribution is -2.26. The molecular weight excluding hydrogens is 280 g/mol. The van der Waals surface area contributed by atoms with Crippen LogP contribution < -0.4 is 4.74 Å². The third-order valence-electron chi connectivity index (χ3n) is 4.15. The van der Waals surface area contributed by atoms with Crippen molar-refractivity contribution in [1.82, 2.24) is 0 Å². The number of ketones is 1. The summed E-state index contributed by atoms with van der Waals surface area (Å²) in [6.45, 7) is -0.184. The Hall–Kier alpha value is -2.36. The summed E-state index contributed by atoms with van der Waals surface area (Å²) < 4.78 is 10.3. The molecule has 2 aromatic rings. The van der Waals surface area contributed by atoms with Crippen LogP contribution in [0.5, 0.6) is 5.75 Å². The second kappa shape index (κ2) is 6.18. The van der Waals surface area contributed by atoms with E-state index in [9.17, 15) is 9.59 Å². The zero-order valence-electron chi connectivity index (χ0n) is 12.5. The van der Waals surface area contributed by atoms with E-state index in [1.54, 1.807) is 13.2 Å². The van der Waals surface area contributed by atoms with E-state index in [0.29, 0.717) is 5.56 Å². The minimum Gasteiger partial charge on any atom is -0.497 e. The average molecular weight is 298 g/mol. The third-order valence-corrected chi connectivity index (χ3v) is 4.15. The lowest BCUT2D eigenvalue weighted by molar-refractivity contribution is -0.150. The van der Waals surface area contributed by atoms with Gasteiger partial charge in [0.15, 0.2) is 12.4 Å². The van der Waals surface area contributed by atoms with Gasteiger partial charge in [-0.15, -0.1) is 0 Å². The van der Waals surface area contributed by atoms with Gasteiger partial charge in [0.05, 0.1) is 13.0 Å². The number of esters is 1. The summed E-state index contributed by atoms with van der Waals surface area (Å²) in [6, 6.07) is 11.1. The lowest BCUT2D eigenvalue weighted by Gasteiger charge is -2.22. The Bertz CT molecular complexity index is 716. The summed E-state index contributed by atoms with van der Waals surface area (Å²) in [5.74, 6) is 0.355. The maximum absolute atomic E-state index is 12.1. The van der Waals surface area contributed by atoms with E-state index in [1.807, 2.05) is 30.3 Å². The van der Waals surface area contributed by atoms with Crippen LogP contribution in [-0.2, 0) is 9.53 Å². The highest BCUT2D eigenvalue weighted by Crippen LogP contribution is 2.27. The summed E-state index contributed by atoms with van der Waals surface area (Å²) in [4.78, 5) is 23.8. The van der Waals surface area contributed by atoms with Crippen molar-refractivity contribution in [1.29, 1.82) is 0 Å². The summed E-state index contributed by atoms with van der Waals surface area (Å²) in [5, 5.41) is 1.96. The molecule has 0 heterocycles. The molecule has 2 aromatic carbocycles. The highest BCUT2D eigenvalue weighted by Gasteiger charge is 2.27. The number of carbonyl (C=O) groups is 2. The lowest BCUT2D eigenvalue weighted by atomic mass is 9.86. The van der Waals surface area contributed by atoms with E-state index in [-0.39, 0.29) is 24.3 Å². The average Bonchev–Trinajstić information content (AvgIpc) is 2.49. The summed E-state index contributed by atoms with van der Waals surface area (Å²) in [7, 11) is 1.62. The first-order chi connectivity index (χ1) is 10.7. The van der Waals surface area contributed by atoms with E-state index in [1.165, 1.54) is 0 Å². The van der Waals surface area contributed by atoms with Crippen molar-refractivity contribution in [3.05, 3.63) is 42.0 Å². The van der Waals surface area contributed by atoms with Crippen LogP contribution in [0.3, 0.4) is 0 Å². The Kier molecular flexibility index (Phi) is 4.09. The molecule has 0 aromatic heterocycles. The molecule has 0 N–H and O–H groups in total. The predicted octanol–water partition coefficient (Wildman–Crippen LogP) is 3.37. The Morgan fingerprint density at radius 3 is 2.50 bits per heavy atom. The Labute approximate surface area is 129 Å². The van der Waals surface area contributed by atoms with Crippen LogP contribution in [-0.4, -0.2) is 25.5 Å². The van der Waals surface area contributed by atoms with Crippen molar-refractivity contribution in [2.24, 2.45) is 5.92 Å². The number of methoxy groups -OCH3 is 1. The fourth-order valence-corrected chi connectivity index (χ4v) is 2.51. The van der Waals surface area contributed by atoms with Crippen molar-refractivity contribution < 1.29 is 19.1 Å². The molecule has 0 bridgehead atoms. The topological polar surface area (TPSA) is 52.6 Å². The molecule has 22 heavy (non-hydrogen) atoms. The van der Waals surface area contributed by atoms with E-state index in [4.69, 9.17) is 9.47 Å². The Balaban J connectivity index is 1.69. The molecule has 3 rings (SSSR count). The van der Waals surface area contributed by atoms with Gasteiger partial charge in [-0.3, -0.25) is 9.59 Å². The maximum atomic E-state index is 12.1. The van der Waals surface area contributed by atoms with Gasteiger partial charge in [0.1, 0.15) is 5.75 Å². The van der Waals surface area contributed by atoms with Gasteiger partial charge in [-0.2, -0.15) is 0 Å². The van der Waals surface area contributed by atoms with Crippen molar-refractivity contribution >= 4 is 22.5 Å². The first-order valence-corrected chi connectivity index (χ1v) is 7.45. The highest BCUT2D eigenvalue weighted by atomic mass is 16.5. The van der Waals surface area contributed by atoms with Gasteiger partial charge < -0.3 is 9.47 Å². The molecule has 0 saturated heterocycles. The van der Waals surface area contributed by atoms with Crippen molar-refractivity contribution in [2.75, 3.05) is 13.7 Å². The van der Waals surface area contributed by atoms with Crippen LogP contribution in [0.25, 0.3) is 10.8 Å². The molecule has 0 amide bonds. The molecule has 4 nitrogen and oxygen atoms in total. The summed E-state index contributed by atoms with van der Waals surface area (Å²) in [5.41, 5.74) is 0.555. The number of fused-ring (bicyclic) bond motifs is 1. The zero-order chi connectivity index (χ0) is 15.5. The molecule has 0 aliphatic heterocycles. The molecule has 1 fully saturated rings. The van der Waals surface area contributed by atoms with Gasteiger partial charge in [0.25, 0.3) is 0 Å². The smallest absolute Gasteiger partial charge is 0.309 e. The maximum Gasteiger partial charge on any atom is 0.309 e. The SMILES string of the molecule is COc1ccc2cc(C(=O)COC(=O)C3CCC3)ccc2c1. The van der Waals surface area contributed by atoms with Gasteiger partial charge in [0.2, 0.25) is 0 Å². The van der Waals surface area contributed by atoms with Crippen molar-refractivity contribution in [3.63, 3.8) is 0 Å². The minimum atomic E-state index is -0.245. The van der Waals surface area contributed by atoms with Gasteiger partial charge in [-0.05, 0) is 41.8 Å². The first kappa shape index (κ1) is 14.6. The number of ether oxygens (including phenoxy) is 2. The Morgan fingerprint density at radius 1 is 1.09 bits per heavy atom. The number of rotatable bonds is 5. The number of benzene rings is 2. The van der Waals surface area contributed by atoms with Crippen LogP contribution in [0.4, 0.5) is 0 Å². The molecule has 0 atom stereocenters. The standard InChI is InChI=1S/C18H18O4/c1-21-16-8-7-13-9-15(6-5-14(13)10-16)17(19)11-22-18(20)12-3-2-4-12/h5-10,12H,2-4,11H2,1H3. The van der Waals surface area contributed by atoms with Gasteiger partial charge in [0, 0.05) is 5.56 Å². The fourth-order valence-electron chi connectivity index (χ4n) is 2.51. The van der Waals surface area contributed by atoms with Gasteiger partial charge in [-0.1, -0.05) is 24.6 Å². The number of Topliss-reactive ketones (excluding diaryl/α,β-unsaturated/α-hetero) is 1. The zero-order valence-corrected chi connectivity index (χ0v) is 12.5. The quantitative estimate of drug-likeness (QED) is 0.627. The monoisotopic (exact) mass is 298 g/mol. The van der Waals surface area contributed by atoms with E-state index >= 15 is 0 Å². The number of hydrogen-bond donors (Lipinski definition) is 0. The Morgan fingerprint density at radius 2 is 1.82 bits per heavy atom. The summed E-state index contributed by atoms with van der Waals surface area (Å²) in [6.07, 6.45) is 2.83. The number of hydrogen-bond acceptors (Lipinski definition) is 4. The first-order valence-electron chi connectivity index (χ1n) is 7.45. The molecular formula is C18H18O4. The predicted molar refractivity (Wildman–Crippen MR) is 83.1 cm³/mol. The van der Waals surface area contributed by atoms with Crippen LogP contribution in [0.2, 0.25) is 0 Å². The fraction of sp³-hybridized carbons (Fsp3) is 0.333. The molecule has 4 heteroatoms.